The van der Waals surface area contributed by atoms with Crippen LogP contribution in [-0.2, 0) is 10.5 Å². The number of H-pyrrole nitrogens is 1. The molecule has 1 aromatic heterocycles. The number of nitrogens with one attached hydrogen (secondary N) is 2. The van der Waals surface area contributed by atoms with E-state index in [1.807, 2.05) is 31.2 Å². The summed E-state index contributed by atoms with van der Waals surface area (Å²) in [5.74, 6) is 0.961. The molecular formula is C28H29N3O2S. The van der Waals surface area contributed by atoms with E-state index in [0.717, 1.165) is 23.2 Å². The maximum absolute atomic E-state index is 13.4. The quantitative estimate of drug-likeness (QED) is 0.367. The van der Waals surface area contributed by atoms with Crippen molar-refractivity contribution < 1.29 is 4.79 Å². The number of aromatic nitrogens is 2. The normalized spacial score (nSPS) is 18.8. The lowest BCUT2D eigenvalue weighted by Crippen LogP contribution is -2.37. The van der Waals surface area contributed by atoms with Crippen LogP contribution in [-0.4, -0.2) is 15.8 Å². The van der Waals surface area contributed by atoms with E-state index < -0.39 is 5.92 Å². The maximum Gasteiger partial charge on any atom is 0.257 e. The van der Waals surface area contributed by atoms with Gasteiger partial charge in [0.05, 0.1) is 5.56 Å². The molecule has 174 valence electrons. The molecule has 2 aromatic carbocycles. The van der Waals surface area contributed by atoms with Gasteiger partial charge in [0.15, 0.2) is 10.9 Å². The van der Waals surface area contributed by atoms with Crippen molar-refractivity contribution in [1.82, 2.24) is 9.97 Å². The summed E-state index contributed by atoms with van der Waals surface area (Å²) in [6.45, 7) is 8.32. The molecule has 0 fully saturated rings. The van der Waals surface area contributed by atoms with Crippen LogP contribution < -0.4 is 10.9 Å². The van der Waals surface area contributed by atoms with Gasteiger partial charge < -0.3 is 10.3 Å². The number of hydrogen-bond donors (Lipinski definition) is 2. The van der Waals surface area contributed by atoms with Gasteiger partial charge in [-0.05, 0) is 36.8 Å². The number of carbonyl (C=O) groups excluding carboxylic acids is 1. The average Bonchev–Trinajstić information content (AvgIpc) is 2.77. The van der Waals surface area contributed by atoms with Crippen molar-refractivity contribution in [2.75, 3.05) is 5.32 Å². The molecule has 2 N–H and O–H groups in total. The number of aryl methyl sites for hydroxylation is 2. The molecule has 2 aliphatic rings. The highest BCUT2D eigenvalue weighted by Crippen LogP contribution is 2.47. The van der Waals surface area contributed by atoms with Crippen molar-refractivity contribution in [3.63, 3.8) is 0 Å². The van der Waals surface area contributed by atoms with Crippen molar-refractivity contribution in [1.29, 1.82) is 0 Å². The largest absolute Gasteiger partial charge is 0.343 e. The van der Waals surface area contributed by atoms with Gasteiger partial charge in [-0.3, -0.25) is 9.59 Å². The molecule has 0 saturated heterocycles. The molecule has 5 rings (SSSR count). The molecule has 0 amide bonds. The minimum Gasteiger partial charge on any atom is -0.343 e. The van der Waals surface area contributed by atoms with Gasteiger partial charge in [-0.15, -0.1) is 0 Å². The van der Waals surface area contributed by atoms with Gasteiger partial charge in [-0.25, -0.2) is 4.98 Å². The lowest BCUT2D eigenvalue weighted by atomic mass is 9.69. The lowest BCUT2D eigenvalue weighted by molar-refractivity contribution is -0.118. The average molecular weight is 472 g/mol. The van der Waals surface area contributed by atoms with Crippen LogP contribution in [0.4, 0.5) is 5.82 Å². The van der Waals surface area contributed by atoms with E-state index in [4.69, 9.17) is 4.98 Å². The Balaban J connectivity index is 1.57. The molecule has 1 aliphatic heterocycles. The Hall–Kier alpha value is -3.12. The zero-order valence-corrected chi connectivity index (χ0v) is 20.8. The third-order valence-corrected chi connectivity index (χ3v) is 7.55. The monoisotopic (exact) mass is 471 g/mol. The molecule has 34 heavy (non-hydrogen) atoms. The minimum absolute atomic E-state index is 0.104. The number of anilines is 1. The molecule has 1 unspecified atom stereocenters. The van der Waals surface area contributed by atoms with Crippen LogP contribution in [0, 0.1) is 19.3 Å². The summed E-state index contributed by atoms with van der Waals surface area (Å²) in [6, 6.07) is 16.5. The number of fused-ring (bicyclic) bond motifs is 1. The van der Waals surface area contributed by atoms with Crippen LogP contribution in [0.25, 0.3) is 0 Å². The summed E-state index contributed by atoms with van der Waals surface area (Å²) >= 11 is 1.51. The van der Waals surface area contributed by atoms with Gasteiger partial charge in [0.2, 0.25) is 0 Å². The van der Waals surface area contributed by atoms with Gasteiger partial charge in [-0.2, -0.15) is 0 Å². The Kier molecular flexibility index (Phi) is 5.72. The summed E-state index contributed by atoms with van der Waals surface area (Å²) in [5, 5.41) is 3.97. The first-order valence-corrected chi connectivity index (χ1v) is 12.6. The van der Waals surface area contributed by atoms with Crippen molar-refractivity contribution in [3.8, 4) is 0 Å². The first kappa shape index (κ1) is 22.7. The van der Waals surface area contributed by atoms with Crippen molar-refractivity contribution in [3.05, 3.63) is 98.0 Å². The molecule has 6 heteroatoms. The van der Waals surface area contributed by atoms with Crippen LogP contribution >= 0.6 is 11.8 Å². The molecule has 1 atom stereocenters. The third-order valence-electron chi connectivity index (χ3n) is 6.61. The Bertz CT molecular complexity index is 1350. The molecule has 5 nitrogen and oxygen atoms in total. The fourth-order valence-corrected chi connectivity index (χ4v) is 5.71. The number of thioether (sulfide) groups is 1. The van der Waals surface area contributed by atoms with E-state index in [2.05, 4.69) is 55.3 Å². The predicted octanol–water partition coefficient (Wildman–Crippen LogP) is 5.88. The molecular weight excluding hydrogens is 442 g/mol. The second-order valence-corrected chi connectivity index (χ2v) is 11.2. The zero-order valence-electron chi connectivity index (χ0n) is 20.0. The van der Waals surface area contributed by atoms with Gasteiger partial charge in [0.25, 0.3) is 5.56 Å². The topological polar surface area (TPSA) is 74.8 Å². The van der Waals surface area contributed by atoms with Crippen LogP contribution in [0.15, 0.2) is 69.8 Å². The Labute approximate surface area is 204 Å². The number of allylic oxidation sites excluding steroid dienone is 2. The third kappa shape index (κ3) is 4.34. The van der Waals surface area contributed by atoms with E-state index in [0.29, 0.717) is 34.3 Å². The van der Waals surface area contributed by atoms with Crippen LogP contribution in [0.5, 0.6) is 0 Å². The smallest absolute Gasteiger partial charge is 0.257 e. The van der Waals surface area contributed by atoms with E-state index in [-0.39, 0.29) is 16.8 Å². The highest BCUT2D eigenvalue weighted by atomic mass is 32.2. The number of carbonyl (C=O) groups is 1. The predicted molar refractivity (Wildman–Crippen MR) is 137 cm³/mol. The number of nitrogens with zero attached hydrogens (tertiary/aromatic N) is 1. The van der Waals surface area contributed by atoms with Gasteiger partial charge >= 0.3 is 0 Å². The van der Waals surface area contributed by atoms with Crippen molar-refractivity contribution >= 4 is 23.4 Å². The van der Waals surface area contributed by atoms with Crippen molar-refractivity contribution in [2.24, 2.45) is 5.41 Å². The zero-order chi connectivity index (χ0) is 24.0. The highest BCUT2D eigenvalue weighted by Gasteiger charge is 2.42. The highest BCUT2D eigenvalue weighted by molar-refractivity contribution is 7.98. The molecule has 0 spiro atoms. The Morgan fingerprint density at radius 2 is 1.62 bits per heavy atom. The molecule has 1 aliphatic carbocycles. The number of hydrogen-bond acceptors (Lipinski definition) is 5. The fraction of sp³-hybridized carbons (Fsp3) is 0.321. The fourth-order valence-electron chi connectivity index (χ4n) is 4.89. The molecule has 0 radical (unpaired) electrons. The van der Waals surface area contributed by atoms with Gasteiger partial charge in [-0.1, -0.05) is 85.3 Å². The summed E-state index contributed by atoms with van der Waals surface area (Å²) < 4.78 is 0. The molecule has 2 heterocycles. The summed E-state index contributed by atoms with van der Waals surface area (Å²) in [6.07, 6.45) is 1.22. The lowest BCUT2D eigenvalue weighted by Gasteiger charge is -2.38. The van der Waals surface area contributed by atoms with E-state index in [9.17, 15) is 9.59 Å². The summed E-state index contributed by atoms with van der Waals surface area (Å²) in [4.78, 5) is 34.5. The second-order valence-electron chi connectivity index (χ2n) is 10.2. The van der Waals surface area contributed by atoms with Crippen LogP contribution in [0.1, 0.15) is 60.4 Å². The van der Waals surface area contributed by atoms with E-state index in [1.165, 1.54) is 22.9 Å². The number of aromatic amines is 1. The summed E-state index contributed by atoms with van der Waals surface area (Å²) in [5.41, 5.74) is 6.27. The Morgan fingerprint density at radius 1 is 0.971 bits per heavy atom. The molecule has 3 aromatic rings. The van der Waals surface area contributed by atoms with Crippen LogP contribution in [0.3, 0.4) is 0 Å². The van der Waals surface area contributed by atoms with Crippen LogP contribution in [0.2, 0.25) is 0 Å². The molecule has 0 bridgehead atoms. The van der Waals surface area contributed by atoms with Crippen molar-refractivity contribution in [2.45, 2.75) is 57.4 Å². The van der Waals surface area contributed by atoms with Gasteiger partial charge in [0.1, 0.15) is 5.82 Å². The van der Waals surface area contributed by atoms with E-state index >= 15 is 0 Å². The number of benzene rings is 2. The SMILES string of the molecule is Cc1ccc(CSc2nc3c(c(=O)[nH]2)C(c2ccc(C)cc2)C2=C(CC(C)(C)CC2=O)N3)cc1. The number of Topliss-reactive ketones (excluding diaryl/α,β-unsaturated/α-hetero) is 1. The van der Waals surface area contributed by atoms with E-state index in [1.54, 1.807) is 0 Å². The number of rotatable bonds is 4. The second kappa shape index (κ2) is 8.58. The summed E-state index contributed by atoms with van der Waals surface area (Å²) in [7, 11) is 0. The Morgan fingerprint density at radius 3 is 2.29 bits per heavy atom. The maximum atomic E-state index is 13.4. The molecule has 0 saturated carbocycles. The first-order valence-electron chi connectivity index (χ1n) is 11.6. The van der Waals surface area contributed by atoms with Gasteiger partial charge in [0, 0.05) is 29.4 Å². The standard InChI is InChI=1S/C28H29N3O2S/c1-16-5-9-18(10-6-16)15-34-27-30-25-24(26(33)31-27)22(19-11-7-17(2)8-12-19)23-20(29-25)13-28(3,4)14-21(23)32/h5-12,22H,13-15H2,1-4H3,(H2,29,30,31,33). The number of ketones is 1. The first-order chi connectivity index (χ1) is 16.2. The minimum atomic E-state index is -0.414.